The molecule has 0 aliphatic rings. The third kappa shape index (κ3) is 5.21. The summed E-state index contributed by atoms with van der Waals surface area (Å²) in [6, 6.07) is 13.0. The van der Waals surface area contributed by atoms with Gasteiger partial charge in [-0.3, -0.25) is 4.79 Å². The Kier molecular flexibility index (Phi) is 5.92. The molecule has 2 aromatic rings. The van der Waals surface area contributed by atoms with Gasteiger partial charge in [-0.25, -0.2) is 0 Å². The van der Waals surface area contributed by atoms with Gasteiger partial charge in [0.2, 0.25) is 0 Å². The van der Waals surface area contributed by atoms with E-state index in [4.69, 9.17) is 4.74 Å². The highest BCUT2D eigenvalue weighted by Crippen LogP contribution is 2.26. The Morgan fingerprint density at radius 1 is 1.09 bits per heavy atom. The van der Waals surface area contributed by atoms with Crippen LogP contribution in [0.4, 0.5) is 14.5 Å². The molecule has 7 heteroatoms. The van der Waals surface area contributed by atoms with Gasteiger partial charge in [-0.1, -0.05) is 28.1 Å². The molecule has 0 radical (unpaired) electrons. The van der Waals surface area contributed by atoms with E-state index in [1.807, 2.05) is 0 Å². The Balaban J connectivity index is 2.02. The van der Waals surface area contributed by atoms with Crippen molar-refractivity contribution in [2.24, 2.45) is 0 Å². The lowest BCUT2D eigenvalue weighted by atomic mass is 10.2. The van der Waals surface area contributed by atoms with E-state index >= 15 is 0 Å². The molecular formula is C16H14BrF2NO3. The molecule has 0 aliphatic carbocycles. The third-order valence-electron chi connectivity index (χ3n) is 2.86. The third-order valence-corrected chi connectivity index (χ3v) is 3.39. The summed E-state index contributed by atoms with van der Waals surface area (Å²) in [5.74, 6) is -0.0575. The Hall–Kier alpha value is -2.15. The molecule has 0 spiro atoms. The summed E-state index contributed by atoms with van der Waals surface area (Å²) in [4.78, 5) is 12.1. The fourth-order valence-corrected chi connectivity index (χ4v) is 2.04. The molecule has 0 aliphatic heterocycles. The van der Waals surface area contributed by atoms with Crippen molar-refractivity contribution in [2.45, 2.75) is 19.6 Å². The van der Waals surface area contributed by atoms with Crippen molar-refractivity contribution in [3.05, 3.63) is 53.0 Å². The normalized spacial score (nSPS) is 11.9. The number of benzene rings is 2. The van der Waals surface area contributed by atoms with Gasteiger partial charge in [-0.2, -0.15) is 8.78 Å². The zero-order valence-corrected chi connectivity index (χ0v) is 13.7. The molecule has 1 atom stereocenters. The van der Waals surface area contributed by atoms with Crippen LogP contribution in [0.1, 0.15) is 6.92 Å². The molecule has 0 aromatic heterocycles. The summed E-state index contributed by atoms with van der Waals surface area (Å²) in [6.07, 6.45) is -0.809. The Bertz CT molecular complexity index is 665. The van der Waals surface area contributed by atoms with Gasteiger partial charge < -0.3 is 14.8 Å². The van der Waals surface area contributed by atoms with Crippen LogP contribution in [0.5, 0.6) is 11.5 Å². The lowest BCUT2D eigenvalue weighted by Gasteiger charge is -2.16. The van der Waals surface area contributed by atoms with Gasteiger partial charge in [-0.05, 0) is 43.3 Å². The van der Waals surface area contributed by atoms with Crippen molar-refractivity contribution >= 4 is 27.5 Å². The molecule has 0 bridgehead atoms. The minimum atomic E-state index is -2.97. The number of carbonyl (C=O) groups is 1. The maximum absolute atomic E-state index is 12.4. The predicted molar refractivity (Wildman–Crippen MR) is 85.9 cm³/mol. The smallest absolute Gasteiger partial charge is 0.387 e. The minimum absolute atomic E-state index is 0.105. The number of nitrogens with one attached hydrogen (secondary N) is 1. The lowest BCUT2D eigenvalue weighted by Crippen LogP contribution is -2.30. The van der Waals surface area contributed by atoms with Crippen molar-refractivity contribution in [3.63, 3.8) is 0 Å². The van der Waals surface area contributed by atoms with Gasteiger partial charge in [0, 0.05) is 4.47 Å². The molecule has 1 unspecified atom stereocenters. The predicted octanol–water partition coefficient (Wildman–Crippen LogP) is 4.46. The zero-order valence-electron chi connectivity index (χ0n) is 12.1. The monoisotopic (exact) mass is 385 g/mol. The Labute approximate surface area is 140 Å². The van der Waals surface area contributed by atoms with Crippen LogP contribution in [-0.4, -0.2) is 18.6 Å². The van der Waals surface area contributed by atoms with Crippen LogP contribution in [0, 0.1) is 0 Å². The van der Waals surface area contributed by atoms with E-state index in [0.29, 0.717) is 5.75 Å². The van der Waals surface area contributed by atoms with Gasteiger partial charge in [0.25, 0.3) is 5.91 Å². The average molecular weight is 386 g/mol. The van der Waals surface area contributed by atoms with Gasteiger partial charge in [0.05, 0.1) is 5.69 Å². The summed E-state index contributed by atoms with van der Waals surface area (Å²) in [7, 11) is 0. The second kappa shape index (κ2) is 7.92. The molecule has 23 heavy (non-hydrogen) atoms. The zero-order chi connectivity index (χ0) is 16.8. The quantitative estimate of drug-likeness (QED) is 0.798. The molecule has 0 saturated heterocycles. The Morgan fingerprint density at radius 2 is 1.74 bits per heavy atom. The van der Waals surface area contributed by atoms with Gasteiger partial charge in [0.1, 0.15) is 11.5 Å². The first-order valence-corrected chi connectivity index (χ1v) is 7.52. The van der Waals surface area contributed by atoms with E-state index in [1.165, 1.54) is 18.2 Å². The van der Waals surface area contributed by atoms with E-state index in [-0.39, 0.29) is 11.4 Å². The molecule has 122 valence electrons. The number of para-hydroxylation sites is 2. The SMILES string of the molecule is CC(Oc1ccc(Br)cc1)C(=O)Nc1ccccc1OC(F)F. The summed E-state index contributed by atoms with van der Waals surface area (Å²) < 4.78 is 35.5. The number of carbonyl (C=O) groups excluding carboxylic acids is 1. The average Bonchev–Trinajstić information content (AvgIpc) is 2.51. The second-order valence-electron chi connectivity index (χ2n) is 4.58. The van der Waals surface area contributed by atoms with Crippen LogP contribution in [0.15, 0.2) is 53.0 Å². The highest BCUT2D eigenvalue weighted by molar-refractivity contribution is 9.10. The van der Waals surface area contributed by atoms with Crippen LogP contribution in [0.25, 0.3) is 0 Å². The largest absolute Gasteiger partial charge is 0.481 e. The van der Waals surface area contributed by atoms with E-state index < -0.39 is 18.6 Å². The first-order valence-electron chi connectivity index (χ1n) is 6.72. The molecule has 0 fully saturated rings. The number of halogens is 3. The number of amides is 1. The second-order valence-corrected chi connectivity index (χ2v) is 5.49. The number of alkyl halides is 2. The molecule has 1 amide bonds. The standard InChI is InChI=1S/C16H14BrF2NO3/c1-10(22-12-8-6-11(17)7-9-12)15(21)20-13-4-2-3-5-14(13)23-16(18)19/h2-10,16H,1H3,(H,20,21). The number of hydrogen-bond acceptors (Lipinski definition) is 3. The maximum atomic E-state index is 12.4. The first-order chi connectivity index (χ1) is 11.0. The molecule has 2 aromatic carbocycles. The molecule has 1 N–H and O–H groups in total. The van der Waals surface area contributed by atoms with E-state index in [1.54, 1.807) is 37.3 Å². The van der Waals surface area contributed by atoms with Crippen molar-refractivity contribution in [2.75, 3.05) is 5.32 Å². The van der Waals surface area contributed by atoms with Crippen molar-refractivity contribution in [3.8, 4) is 11.5 Å². The summed E-state index contributed by atoms with van der Waals surface area (Å²) in [6.45, 7) is -1.40. The number of ether oxygens (including phenoxy) is 2. The highest BCUT2D eigenvalue weighted by atomic mass is 79.9. The number of rotatable bonds is 6. The molecule has 0 heterocycles. The summed E-state index contributed by atoms with van der Waals surface area (Å²) in [5, 5.41) is 2.52. The van der Waals surface area contributed by atoms with Crippen molar-refractivity contribution in [1.82, 2.24) is 0 Å². The molecular weight excluding hydrogens is 372 g/mol. The molecule has 4 nitrogen and oxygen atoms in total. The summed E-state index contributed by atoms with van der Waals surface area (Å²) >= 11 is 3.30. The fourth-order valence-electron chi connectivity index (χ4n) is 1.77. The minimum Gasteiger partial charge on any atom is -0.481 e. The summed E-state index contributed by atoms with van der Waals surface area (Å²) in [5.41, 5.74) is 0.157. The number of hydrogen-bond donors (Lipinski definition) is 1. The lowest BCUT2D eigenvalue weighted by molar-refractivity contribution is -0.122. The highest BCUT2D eigenvalue weighted by Gasteiger charge is 2.17. The van der Waals surface area contributed by atoms with Crippen molar-refractivity contribution < 1.29 is 23.0 Å². The van der Waals surface area contributed by atoms with Gasteiger partial charge in [-0.15, -0.1) is 0 Å². The van der Waals surface area contributed by atoms with E-state index in [9.17, 15) is 13.6 Å². The van der Waals surface area contributed by atoms with Crippen LogP contribution in [0.2, 0.25) is 0 Å². The van der Waals surface area contributed by atoms with E-state index in [2.05, 4.69) is 26.0 Å². The molecule has 0 saturated carbocycles. The van der Waals surface area contributed by atoms with Crippen LogP contribution in [0.3, 0.4) is 0 Å². The maximum Gasteiger partial charge on any atom is 0.387 e. The van der Waals surface area contributed by atoms with Crippen LogP contribution in [-0.2, 0) is 4.79 Å². The van der Waals surface area contributed by atoms with Crippen LogP contribution < -0.4 is 14.8 Å². The van der Waals surface area contributed by atoms with Crippen molar-refractivity contribution in [1.29, 1.82) is 0 Å². The van der Waals surface area contributed by atoms with Gasteiger partial charge in [0.15, 0.2) is 6.10 Å². The number of anilines is 1. The van der Waals surface area contributed by atoms with Crippen LogP contribution >= 0.6 is 15.9 Å². The van der Waals surface area contributed by atoms with E-state index in [0.717, 1.165) is 4.47 Å². The van der Waals surface area contributed by atoms with Gasteiger partial charge >= 0.3 is 6.61 Å². The topological polar surface area (TPSA) is 47.6 Å². The Morgan fingerprint density at radius 3 is 2.39 bits per heavy atom. The first kappa shape index (κ1) is 17.2. The molecule has 2 rings (SSSR count). The fraction of sp³-hybridized carbons (Fsp3) is 0.188.